The number of rotatable bonds is 2. The third-order valence-electron chi connectivity index (χ3n) is 2.90. The molecule has 6 heteroatoms. The fourth-order valence-electron chi connectivity index (χ4n) is 2.02. The van der Waals surface area contributed by atoms with Crippen molar-refractivity contribution in [2.24, 2.45) is 0 Å². The van der Waals surface area contributed by atoms with Crippen LogP contribution in [0.15, 0.2) is 0 Å². The monoisotopic (exact) mass is 224 g/mol. The topological polar surface area (TPSA) is 69.0 Å². The minimum atomic E-state index is -0.360. The van der Waals surface area contributed by atoms with Crippen LogP contribution in [0.5, 0.6) is 0 Å². The molecule has 2 heterocycles. The number of hydrogen-bond donors (Lipinski definition) is 1. The Morgan fingerprint density at radius 1 is 1.50 bits per heavy atom. The predicted molar refractivity (Wildman–Crippen MR) is 57.2 cm³/mol. The average Bonchev–Trinajstić information content (AvgIpc) is 2.71. The van der Waals surface area contributed by atoms with Crippen molar-refractivity contribution in [3.8, 4) is 0 Å². The molecule has 0 atom stereocenters. The minimum absolute atomic E-state index is 0.247. The molecule has 0 saturated carbocycles. The molecule has 1 aromatic heterocycles. The normalized spacial score (nSPS) is 17.4. The molecule has 0 aromatic carbocycles. The van der Waals surface area contributed by atoms with Crippen LogP contribution in [-0.4, -0.2) is 41.2 Å². The van der Waals surface area contributed by atoms with Crippen molar-refractivity contribution in [2.75, 3.05) is 20.2 Å². The third-order valence-corrected chi connectivity index (χ3v) is 2.90. The molecule has 88 valence electrons. The summed E-state index contributed by atoms with van der Waals surface area (Å²) in [6.07, 6.45) is 1.93. The number of aryl methyl sites for hydroxylation is 1. The van der Waals surface area contributed by atoms with Gasteiger partial charge in [0.15, 0.2) is 5.69 Å². The molecular formula is C10H16N4O2. The first-order valence-electron chi connectivity index (χ1n) is 5.45. The van der Waals surface area contributed by atoms with E-state index in [1.807, 2.05) is 0 Å². The molecule has 0 radical (unpaired) electrons. The zero-order valence-electron chi connectivity index (χ0n) is 9.56. The van der Waals surface area contributed by atoms with Gasteiger partial charge in [-0.1, -0.05) is 5.21 Å². The quantitative estimate of drug-likeness (QED) is 0.732. The second kappa shape index (κ2) is 4.61. The Kier molecular flexibility index (Phi) is 3.19. The lowest BCUT2D eigenvalue weighted by Gasteiger charge is -2.23. The smallest absolute Gasteiger partial charge is 0.358 e. The zero-order valence-corrected chi connectivity index (χ0v) is 9.56. The standard InChI is InChI=1S/C10H16N4O2/c1-7-9(10(15)16-2)14(13-12-7)8-3-5-11-6-4-8/h8,11H,3-6H2,1-2H3. The van der Waals surface area contributed by atoms with Crippen molar-refractivity contribution < 1.29 is 9.53 Å². The van der Waals surface area contributed by atoms with Crippen molar-refractivity contribution in [1.82, 2.24) is 20.3 Å². The van der Waals surface area contributed by atoms with Gasteiger partial charge in [0.05, 0.1) is 18.8 Å². The number of piperidine rings is 1. The number of esters is 1. The summed E-state index contributed by atoms with van der Waals surface area (Å²) in [4.78, 5) is 11.6. The van der Waals surface area contributed by atoms with Gasteiger partial charge < -0.3 is 10.1 Å². The number of nitrogens with one attached hydrogen (secondary N) is 1. The fourth-order valence-corrected chi connectivity index (χ4v) is 2.02. The van der Waals surface area contributed by atoms with Gasteiger partial charge in [0.1, 0.15) is 0 Å². The summed E-state index contributed by atoms with van der Waals surface area (Å²) in [6.45, 7) is 3.67. The molecule has 1 aliphatic rings. The molecule has 6 nitrogen and oxygen atoms in total. The first kappa shape index (κ1) is 11.1. The molecule has 0 aliphatic carbocycles. The molecule has 2 rings (SSSR count). The van der Waals surface area contributed by atoms with Crippen molar-refractivity contribution in [2.45, 2.75) is 25.8 Å². The van der Waals surface area contributed by atoms with Crippen LogP contribution in [0.25, 0.3) is 0 Å². The average molecular weight is 224 g/mol. The van der Waals surface area contributed by atoms with Crippen LogP contribution in [0, 0.1) is 6.92 Å². The Labute approximate surface area is 94.0 Å². The Morgan fingerprint density at radius 3 is 2.81 bits per heavy atom. The van der Waals surface area contributed by atoms with Gasteiger partial charge >= 0.3 is 5.97 Å². The highest BCUT2D eigenvalue weighted by molar-refractivity contribution is 5.88. The Bertz CT molecular complexity index is 382. The number of hydrogen-bond acceptors (Lipinski definition) is 5. The fraction of sp³-hybridized carbons (Fsp3) is 0.700. The molecular weight excluding hydrogens is 208 g/mol. The van der Waals surface area contributed by atoms with E-state index in [0.29, 0.717) is 11.4 Å². The molecule has 0 bridgehead atoms. The SMILES string of the molecule is COC(=O)c1c(C)nnn1C1CCNCC1. The highest BCUT2D eigenvalue weighted by Gasteiger charge is 2.24. The summed E-state index contributed by atoms with van der Waals surface area (Å²) in [6, 6.07) is 0.247. The van der Waals surface area contributed by atoms with Gasteiger partial charge in [-0.3, -0.25) is 0 Å². The zero-order chi connectivity index (χ0) is 11.5. The van der Waals surface area contributed by atoms with Crippen molar-refractivity contribution in [3.05, 3.63) is 11.4 Å². The molecule has 0 unspecified atom stereocenters. The van der Waals surface area contributed by atoms with E-state index in [2.05, 4.69) is 15.6 Å². The Morgan fingerprint density at radius 2 is 2.19 bits per heavy atom. The maximum absolute atomic E-state index is 11.6. The lowest BCUT2D eigenvalue weighted by atomic mass is 10.1. The highest BCUT2D eigenvalue weighted by Crippen LogP contribution is 2.20. The summed E-state index contributed by atoms with van der Waals surface area (Å²) in [5.41, 5.74) is 1.11. The molecule has 1 fully saturated rings. The third kappa shape index (κ3) is 1.92. The van der Waals surface area contributed by atoms with E-state index in [1.165, 1.54) is 7.11 Å². The summed E-state index contributed by atoms with van der Waals surface area (Å²) >= 11 is 0. The number of methoxy groups -OCH3 is 1. The minimum Gasteiger partial charge on any atom is -0.464 e. The van der Waals surface area contributed by atoms with Crippen LogP contribution >= 0.6 is 0 Å². The molecule has 1 saturated heterocycles. The lowest BCUT2D eigenvalue weighted by Crippen LogP contribution is -2.31. The summed E-state index contributed by atoms with van der Waals surface area (Å²) in [7, 11) is 1.38. The van der Waals surface area contributed by atoms with Crippen LogP contribution in [0.1, 0.15) is 35.1 Å². The van der Waals surface area contributed by atoms with E-state index in [9.17, 15) is 4.79 Å². The molecule has 1 aromatic rings. The van der Waals surface area contributed by atoms with E-state index in [1.54, 1.807) is 11.6 Å². The Hall–Kier alpha value is -1.43. The first-order valence-corrected chi connectivity index (χ1v) is 5.45. The number of carbonyl (C=O) groups excluding carboxylic acids is 1. The Balaban J connectivity index is 2.29. The number of nitrogens with zero attached hydrogens (tertiary/aromatic N) is 3. The summed E-state index contributed by atoms with van der Waals surface area (Å²) < 4.78 is 6.46. The van der Waals surface area contributed by atoms with E-state index in [0.717, 1.165) is 25.9 Å². The van der Waals surface area contributed by atoms with E-state index < -0.39 is 0 Å². The maximum Gasteiger partial charge on any atom is 0.358 e. The molecule has 16 heavy (non-hydrogen) atoms. The molecule has 1 N–H and O–H groups in total. The van der Waals surface area contributed by atoms with Gasteiger partial charge in [0.25, 0.3) is 0 Å². The largest absolute Gasteiger partial charge is 0.464 e. The van der Waals surface area contributed by atoms with Crippen molar-refractivity contribution >= 4 is 5.97 Å². The van der Waals surface area contributed by atoms with E-state index in [-0.39, 0.29) is 12.0 Å². The van der Waals surface area contributed by atoms with Crippen LogP contribution in [0.3, 0.4) is 0 Å². The second-order valence-corrected chi connectivity index (χ2v) is 3.94. The molecule has 0 spiro atoms. The highest BCUT2D eigenvalue weighted by atomic mass is 16.5. The van der Waals surface area contributed by atoms with E-state index in [4.69, 9.17) is 4.74 Å². The van der Waals surface area contributed by atoms with Gasteiger partial charge in [0.2, 0.25) is 0 Å². The number of ether oxygens (including phenoxy) is 1. The summed E-state index contributed by atoms with van der Waals surface area (Å²) in [5, 5.41) is 11.3. The van der Waals surface area contributed by atoms with Gasteiger partial charge in [-0.05, 0) is 32.9 Å². The van der Waals surface area contributed by atoms with Crippen LogP contribution in [0.2, 0.25) is 0 Å². The van der Waals surface area contributed by atoms with Crippen LogP contribution in [-0.2, 0) is 4.74 Å². The van der Waals surface area contributed by atoms with Crippen molar-refractivity contribution in [1.29, 1.82) is 0 Å². The van der Waals surface area contributed by atoms with Crippen LogP contribution < -0.4 is 5.32 Å². The van der Waals surface area contributed by atoms with Crippen LogP contribution in [0.4, 0.5) is 0 Å². The van der Waals surface area contributed by atoms with Gasteiger partial charge in [0, 0.05) is 0 Å². The second-order valence-electron chi connectivity index (χ2n) is 3.94. The number of carbonyl (C=O) groups is 1. The maximum atomic E-state index is 11.6. The predicted octanol–water partition coefficient (Wildman–Crippen LogP) is 0.298. The van der Waals surface area contributed by atoms with Crippen molar-refractivity contribution in [3.63, 3.8) is 0 Å². The van der Waals surface area contributed by atoms with Gasteiger partial charge in [-0.15, -0.1) is 5.10 Å². The molecule has 0 amide bonds. The summed E-state index contributed by atoms with van der Waals surface area (Å²) in [5.74, 6) is -0.360. The van der Waals surface area contributed by atoms with E-state index >= 15 is 0 Å². The van der Waals surface area contributed by atoms with Gasteiger partial charge in [-0.2, -0.15) is 0 Å². The first-order chi connectivity index (χ1) is 7.74. The van der Waals surface area contributed by atoms with Gasteiger partial charge in [-0.25, -0.2) is 9.48 Å². The number of aromatic nitrogens is 3. The lowest BCUT2D eigenvalue weighted by molar-refractivity contribution is 0.0580. The molecule has 1 aliphatic heterocycles.